The van der Waals surface area contributed by atoms with Crippen LogP contribution < -0.4 is 0 Å². The number of hydrogen-bond acceptors (Lipinski definition) is 1. The lowest BCUT2D eigenvalue weighted by Crippen LogP contribution is -1.85. The summed E-state index contributed by atoms with van der Waals surface area (Å²) in [6, 6.07) is 4.93. The number of aryl methyl sites for hydroxylation is 1. The van der Waals surface area contributed by atoms with Crippen LogP contribution in [0.1, 0.15) is 93.6 Å². The van der Waals surface area contributed by atoms with Gasteiger partial charge in [-0.05, 0) is 60.3 Å². The minimum absolute atomic E-state index is 0.167. The highest BCUT2D eigenvalue weighted by atomic mass is 79.9. The van der Waals surface area contributed by atoms with Gasteiger partial charge in [-0.25, -0.2) is 4.39 Å². The largest absolute Gasteiger partial charge is 0.300 e. The van der Waals surface area contributed by atoms with E-state index in [1.807, 2.05) is 34.6 Å². The van der Waals surface area contributed by atoms with Crippen LogP contribution in [-0.2, 0) is 4.79 Å². The molecule has 1 rings (SSSR count). The third kappa shape index (κ3) is 35.3. The van der Waals surface area contributed by atoms with Crippen LogP contribution in [0.3, 0.4) is 0 Å². The van der Waals surface area contributed by atoms with Crippen molar-refractivity contribution in [2.75, 3.05) is 0 Å². The van der Waals surface area contributed by atoms with Gasteiger partial charge in [-0.3, -0.25) is 0 Å². The fourth-order valence-electron chi connectivity index (χ4n) is 1.40. The Labute approximate surface area is 165 Å². The van der Waals surface area contributed by atoms with E-state index < -0.39 is 0 Å². The minimum Gasteiger partial charge on any atom is -0.300 e. The number of halogens is 2. The van der Waals surface area contributed by atoms with E-state index in [0.717, 1.165) is 11.5 Å². The molecule has 0 saturated carbocycles. The maximum absolute atomic E-state index is 12.5. The van der Waals surface area contributed by atoms with Crippen LogP contribution >= 0.6 is 15.9 Å². The molecule has 0 unspecified atom stereocenters. The molecule has 0 aliphatic carbocycles. The highest BCUT2D eigenvalue weighted by Crippen LogP contribution is 2.15. The number of hydrogen-bond donors (Lipinski definition) is 0. The number of carbonyl (C=O) groups is 1. The zero-order valence-electron chi connectivity index (χ0n) is 18.3. The molecule has 0 saturated heterocycles. The Bertz CT molecular complexity index is 386. The first-order valence-corrected chi connectivity index (χ1v) is 10.4. The predicted octanol–water partition coefficient (Wildman–Crippen LogP) is 8.77. The molecule has 0 fully saturated rings. The Balaban J connectivity index is -0.000000126. The number of carbonyl (C=O) groups excluding carboxylic acids is 1. The van der Waals surface area contributed by atoms with Crippen molar-refractivity contribution in [3.63, 3.8) is 0 Å². The Morgan fingerprint density at radius 1 is 1.08 bits per heavy atom. The molecular weight excluding hydrogens is 379 g/mol. The molecule has 0 spiro atoms. The summed E-state index contributed by atoms with van der Waals surface area (Å²) >= 11 is 3.07. The second kappa shape index (κ2) is 25.5. The van der Waals surface area contributed by atoms with Gasteiger partial charge >= 0.3 is 0 Å². The van der Waals surface area contributed by atoms with Crippen LogP contribution in [-0.4, -0.2) is 5.78 Å². The number of benzene rings is 1. The van der Waals surface area contributed by atoms with Crippen LogP contribution in [0, 0.1) is 18.7 Å². The van der Waals surface area contributed by atoms with Crippen molar-refractivity contribution in [1.82, 2.24) is 0 Å². The van der Waals surface area contributed by atoms with Gasteiger partial charge in [0.25, 0.3) is 0 Å². The lowest BCUT2D eigenvalue weighted by atomic mass is 10.1. The van der Waals surface area contributed by atoms with Gasteiger partial charge in [-0.2, -0.15) is 0 Å². The third-order valence-corrected chi connectivity index (χ3v) is 3.07. The zero-order valence-corrected chi connectivity index (χ0v) is 19.9. The molecule has 0 aliphatic rings. The second-order valence-electron chi connectivity index (χ2n) is 5.72. The molecule has 3 heteroatoms. The molecule has 1 aromatic rings. The summed E-state index contributed by atoms with van der Waals surface area (Å²) in [5.41, 5.74) is 1.06. The molecule has 0 N–H and O–H groups in total. The maximum atomic E-state index is 12.5. The molecule has 25 heavy (non-hydrogen) atoms. The fourth-order valence-corrected chi connectivity index (χ4v) is 1.90. The smallest absolute Gasteiger partial charge is 0.137 e. The van der Waals surface area contributed by atoms with Crippen molar-refractivity contribution in [2.45, 2.75) is 94.9 Å². The van der Waals surface area contributed by atoms with E-state index in [-0.39, 0.29) is 11.6 Å². The Hall–Kier alpha value is -0.700. The summed E-state index contributed by atoms with van der Waals surface area (Å²) < 4.78 is 13.0. The van der Waals surface area contributed by atoms with Crippen molar-refractivity contribution in [3.05, 3.63) is 34.1 Å². The highest BCUT2D eigenvalue weighted by Gasteiger charge is 1.95. The molecule has 0 bridgehead atoms. The van der Waals surface area contributed by atoms with E-state index in [0.29, 0.717) is 4.47 Å². The van der Waals surface area contributed by atoms with Crippen molar-refractivity contribution >= 4 is 21.7 Å². The summed E-state index contributed by atoms with van der Waals surface area (Å²) in [6.45, 7) is 19.8. The molecule has 0 atom stereocenters. The van der Waals surface area contributed by atoms with Crippen LogP contribution in [0.2, 0.25) is 0 Å². The first kappa shape index (κ1) is 32.0. The summed E-state index contributed by atoms with van der Waals surface area (Å²) in [4.78, 5) is 9.44. The maximum Gasteiger partial charge on any atom is 0.137 e. The van der Waals surface area contributed by atoms with Crippen LogP contribution in [0.25, 0.3) is 0 Å². The quantitative estimate of drug-likeness (QED) is 0.444. The van der Waals surface area contributed by atoms with E-state index in [1.54, 1.807) is 12.1 Å². The molecular formula is C22H42BrFO. The Morgan fingerprint density at radius 2 is 1.52 bits per heavy atom. The molecule has 0 aliphatic heterocycles. The average Bonchev–Trinajstić information content (AvgIpc) is 2.55. The average molecular weight is 421 g/mol. The SMILES string of the molecule is CC.CC.CC(C)=O.CCCCCC(C)C.Cc1ccc(F)c(Br)c1. The minimum atomic E-state index is -0.208. The van der Waals surface area contributed by atoms with E-state index >= 15 is 0 Å². The van der Waals surface area contributed by atoms with Crippen LogP contribution in [0.5, 0.6) is 0 Å². The number of rotatable bonds is 4. The standard InChI is InChI=1S/C8H18.C7H6BrF.C3H6O.2C2H6/c1-4-5-6-7-8(2)3;1-5-2-3-7(9)6(8)4-5;1-3(2)4;2*1-2/h8H,4-7H2,1-3H3;2-4H,1H3;1-2H3;2*1-2H3. The fraction of sp³-hybridized carbons (Fsp3) is 0.682. The highest BCUT2D eigenvalue weighted by molar-refractivity contribution is 9.10. The summed E-state index contributed by atoms with van der Waals surface area (Å²) in [5.74, 6) is 0.863. The lowest BCUT2D eigenvalue weighted by molar-refractivity contribution is -0.114. The Morgan fingerprint density at radius 3 is 1.80 bits per heavy atom. The van der Waals surface area contributed by atoms with E-state index in [9.17, 15) is 9.18 Å². The van der Waals surface area contributed by atoms with Crippen LogP contribution in [0.4, 0.5) is 4.39 Å². The topological polar surface area (TPSA) is 17.1 Å². The molecule has 0 heterocycles. The molecule has 0 amide bonds. The van der Waals surface area contributed by atoms with Gasteiger partial charge < -0.3 is 4.79 Å². The molecule has 1 aromatic carbocycles. The van der Waals surface area contributed by atoms with E-state index in [1.165, 1.54) is 45.6 Å². The number of unbranched alkanes of at least 4 members (excludes halogenated alkanes) is 2. The summed E-state index contributed by atoms with van der Waals surface area (Å²) in [5, 5.41) is 0. The zero-order chi connectivity index (χ0) is 20.8. The first-order chi connectivity index (χ1) is 11.7. The van der Waals surface area contributed by atoms with Gasteiger partial charge in [0.05, 0.1) is 4.47 Å². The van der Waals surface area contributed by atoms with Crippen molar-refractivity contribution in [1.29, 1.82) is 0 Å². The molecule has 0 radical (unpaired) electrons. The number of ketones is 1. The Kier molecular flexibility index (Phi) is 32.7. The van der Waals surface area contributed by atoms with Gasteiger partial charge in [0.1, 0.15) is 11.6 Å². The predicted molar refractivity (Wildman–Crippen MR) is 117 cm³/mol. The van der Waals surface area contributed by atoms with Crippen molar-refractivity contribution < 1.29 is 9.18 Å². The summed E-state index contributed by atoms with van der Waals surface area (Å²) in [7, 11) is 0. The van der Waals surface area contributed by atoms with Crippen molar-refractivity contribution in [2.24, 2.45) is 5.92 Å². The van der Waals surface area contributed by atoms with Gasteiger partial charge in [0.2, 0.25) is 0 Å². The second-order valence-corrected chi connectivity index (χ2v) is 6.57. The monoisotopic (exact) mass is 420 g/mol. The summed E-state index contributed by atoms with van der Waals surface area (Å²) in [6.07, 6.45) is 5.60. The lowest BCUT2D eigenvalue weighted by Gasteiger charge is -2.00. The molecule has 150 valence electrons. The van der Waals surface area contributed by atoms with Gasteiger partial charge in [-0.1, -0.05) is 80.2 Å². The van der Waals surface area contributed by atoms with E-state index in [4.69, 9.17) is 0 Å². The van der Waals surface area contributed by atoms with Crippen LogP contribution in [0.15, 0.2) is 22.7 Å². The van der Waals surface area contributed by atoms with Crippen molar-refractivity contribution in [3.8, 4) is 0 Å². The first-order valence-electron chi connectivity index (χ1n) is 9.59. The number of Topliss-reactive ketones (excluding diaryl/α,β-unsaturated/α-hetero) is 1. The normalized spacial score (nSPS) is 8.36. The molecule has 0 aromatic heterocycles. The van der Waals surface area contributed by atoms with Gasteiger partial charge in [0.15, 0.2) is 0 Å². The van der Waals surface area contributed by atoms with Gasteiger partial charge in [0, 0.05) is 0 Å². The molecule has 1 nitrogen and oxygen atoms in total. The van der Waals surface area contributed by atoms with E-state index in [2.05, 4.69) is 36.7 Å². The van der Waals surface area contributed by atoms with Gasteiger partial charge in [-0.15, -0.1) is 0 Å². The third-order valence-electron chi connectivity index (χ3n) is 2.46.